The van der Waals surface area contributed by atoms with Crippen LogP contribution < -0.4 is 16.0 Å². The molecule has 3 N–H and O–H groups in total. The summed E-state index contributed by atoms with van der Waals surface area (Å²) in [5.74, 6) is 1.07. The Kier molecular flexibility index (Phi) is 2.20. The third kappa shape index (κ3) is 1.23. The highest BCUT2D eigenvalue weighted by atomic mass is 15.2. The van der Waals surface area contributed by atoms with Crippen LogP contribution in [0, 0.1) is 0 Å². The van der Waals surface area contributed by atoms with Gasteiger partial charge >= 0.3 is 0 Å². The minimum atomic E-state index is 0.815. The molecule has 1 rings (SSSR count). The highest BCUT2D eigenvalue weighted by Gasteiger charge is 2.06. The van der Waals surface area contributed by atoms with E-state index in [1.165, 1.54) is 0 Å². The van der Waals surface area contributed by atoms with Gasteiger partial charge in [-0.3, -0.25) is 0 Å². The molecule has 0 fully saturated rings. The lowest BCUT2D eigenvalue weighted by Gasteiger charge is -1.99. The van der Waals surface area contributed by atoms with Gasteiger partial charge in [-0.15, -0.1) is 0 Å². The molecule has 1 aliphatic rings. The quantitative estimate of drug-likeness (QED) is 0.508. The van der Waals surface area contributed by atoms with Gasteiger partial charge in [0.15, 0.2) is 0 Å². The zero-order chi connectivity index (χ0) is 7.40. The lowest BCUT2D eigenvalue weighted by molar-refractivity contribution is 0.766. The van der Waals surface area contributed by atoms with Crippen LogP contribution >= 0.6 is 0 Å². The lowest BCUT2D eigenvalue weighted by Crippen LogP contribution is -2.20. The molecule has 0 amide bonds. The molecule has 0 saturated heterocycles. The van der Waals surface area contributed by atoms with Crippen molar-refractivity contribution >= 4 is 0 Å². The summed E-state index contributed by atoms with van der Waals surface area (Å²) in [5, 5.41) is 9.38. The Morgan fingerprint density at radius 3 is 2.90 bits per heavy atom. The minimum absolute atomic E-state index is 0.815. The van der Waals surface area contributed by atoms with Crippen LogP contribution in [-0.2, 0) is 0 Å². The van der Waals surface area contributed by atoms with Gasteiger partial charge in [-0.2, -0.15) is 0 Å². The predicted molar refractivity (Wildman–Crippen MR) is 42.0 cm³/mol. The average molecular weight is 139 g/mol. The summed E-state index contributed by atoms with van der Waals surface area (Å²) >= 11 is 0. The van der Waals surface area contributed by atoms with E-state index in [0.717, 1.165) is 18.2 Å². The predicted octanol–water partition coefficient (Wildman–Crippen LogP) is 0.101. The van der Waals surface area contributed by atoms with Gasteiger partial charge < -0.3 is 16.0 Å². The summed E-state index contributed by atoms with van der Waals surface area (Å²) in [7, 11) is 1.90. The Balaban J connectivity index is 2.68. The first-order chi connectivity index (χ1) is 4.88. The van der Waals surface area contributed by atoms with Crippen molar-refractivity contribution in [2.75, 3.05) is 13.7 Å². The molecule has 56 valence electrons. The van der Waals surface area contributed by atoms with Gasteiger partial charge in [-0.1, -0.05) is 6.08 Å². The van der Waals surface area contributed by atoms with E-state index < -0.39 is 0 Å². The van der Waals surface area contributed by atoms with Crippen LogP contribution in [0.5, 0.6) is 0 Å². The molecule has 0 aromatic heterocycles. The van der Waals surface area contributed by atoms with E-state index >= 15 is 0 Å². The molecule has 0 unspecified atom stereocenters. The fraction of sp³-hybridized carbons (Fsp3) is 0.429. The average Bonchev–Trinajstić information content (AvgIpc) is 2.36. The molecule has 1 heterocycles. The van der Waals surface area contributed by atoms with Crippen molar-refractivity contribution in [1.82, 2.24) is 16.0 Å². The fourth-order valence-corrected chi connectivity index (χ4v) is 0.943. The van der Waals surface area contributed by atoms with Gasteiger partial charge in [0.2, 0.25) is 0 Å². The Bertz CT molecular complexity index is 170. The summed E-state index contributed by atoms with van der Waals surface area (Å²) in [6.45, 7) is 2.82. The monoisotopic (exact) mass is 139 g/mol. The third-order valence-electron chi connectivity index (χ3n) is 1.40. The molecule has 0 saturated carbocycles. The van der Waals surface area contributed by atoms with Crippen molar-refractivity contribution in [2.24, 2.45) is 0 Å². The van der Waals surface area contributed by atoms with Crippen LogP contribution in [0.3, 0.4) is 0 Å². The molecule has 0 bridgehead atoms. The molecule has 10 heavy (non-hydrogen) atoms. The van der Waals surface area contributed by atoms with E-state index in [-0.39, 0.29) is 0 Å². The molecule has 0 radical (unpaired) electrons. The zero-order valence-corrected chi connectivity index (χ0v) is 6.36. The van der Waals surface area contributed by atoms with Gasteiger partial charge in [0.25, 0.3) is 0 Å². The number of rotatable bonds is 2. The Morgan fingerprint density at radius 1 is 1.50 bits per heavy atom. The molecule has 3 heteroatoms. The van der Waals surface area contributed by atoms with Crippen LogP contribution in [-0.4, -0.2) is 13.7 Å². The Hall–Kier alpha value is -1.12. The molecular weight excluding hydrogens is 126 g/mol. The first kappa shape index (κ1) is 6.99. The van der Waals surface area contributed by atoms with Gasteiger partial charge in [0.1, 0.15) is 5.82 Å². The van der Waals surface area contributed by atoms with E-state index in [1.54, 1.807) is 0 Å². The maximum atomic E-state index is 3.18. The van der Waals surface area contributed by atoms with E-state index in [2.05, 4.69) is 16.0 Å². The Labute approximate surface area is 61.2 Å². The number of hydrogen-bond acceptors (Lipinski definition) is 3. The van der Waals surface area contributed by atoms with Crippen molar-refractivity contribution in [3.63, 3.8) is 0 Å². The standard InChI is InChI=1S/C7H13N3/c1-3-4-6-7(8-2)10-5-9-6/h3-4,8-10H,5H2,1-2H3/b4-3-. The molecule has 3 nitrogen and oxygen atoms in total. The summed E-state index contributed by atoms with van der Waals surface area (Å²) in [6, 6.07) is 0. The van der Waals surface area contributed by atoms with E-state index in [9.17, 15) is 0 Å². The summed E-state index contributed by atoms with van der Waals surface area (Å²) in [4.78, 5) is 0. The lowest BCUT2D eigenvalue weighted by atomic mass is 10.4. The van der Waals surface area contributed by atoms with E-state index in [0.29, 0.717) is 0 Å². The molecule has 1 aliphatic heterocycles. The fourth-order valence-electron chi connectivity index (χ4n) is 0.943. The summed E-state index contributed by atoms with van der Waals surface area (Å²) in [5.41, 5.74) is 1.13. The first-order valence-electron chi connectivity index (χ1n) is 3.41. The largest absolute Gasteiger partial charge is 0.373 e. The van der Waals surface area contributed by atoms with Gasteiger partial charge in [0, 0.05) is 7.05 Å². The summed E-state index contributed by atoms with van der Waals surface area (Å²) in [6.07, 6.45) is 4.04. The highest BCUT2D eigenvalue weighted by Crippen LogP contribution is 2.00. The molecule has 0 aliphatic carbocycles. The van der Waals surface area contributed by atoms with Crippen LogP contribution in [0.2, 0.25) is 0 Å². The van der Waals surface area contributed by atoms with Crippen molar-refractivity contribution in [2.45, 2.75) is 6.92 Å². The maximum absolute atomic E-state index is 3.18. The van der Waals surface area contributed by atoms with Gasteiger partial charge in [-0.25, -0.2) is 0 Å². The molecule has 0 aromatic carbocycles. The maximum Gasteiger partial charge on any atom is 0.124 e. The van der Waals surface area contributed by atoms with Crippen LogP contribution in [0.1, 0.15) is 6.92 Å². The number of allylic oxidation sites excluding steroid dienone is 2. The van der Waals surface area contributed by atoms with Crippen molar-refractivity contribution in [1.29, 1.82) is 0 Å². The topological polar surface area (TPSA) is 36.1 Å². The van der Waals surface area contributed by atoms with Crippen molar-refractivity contribution in [3.8, 4) is 0 Å². The van der Waals surface area contributed by atoms with E-state index in [4.69, 9.17) is 0 Å². The SMILES string of the molecule is C/C=C\C1=C(NC)NCN1. The Morgan fingerprint density at radius 2 is 2.30 bits per heavy atom. The molecule has 0 aromatic rings. The smallest absolute Gasteiger partial charge is 0.124 e. The number of nitrogens with one attached hydrogen (secondary N) is 3. The minimum Gasteiger partial charge on any atom is -0.373 e. The van der Waals surface area contributed by atoms with Crippen molar-refractivity contribution < 1.29 is 0 Å². The van der Waals surface area contributed by atoms with E-state index in [1.807, 2.05) is 26.1 Å². The number of hydrogen-bond donors (Lipinski definition) is 3. The normalized spacial score (nSPS) is 17.4. The zero-order valence-electron chi connectivity index (χ0n) is 6.36. The second kappa shape index (κ2) is 3.15. The van der Waals surface area contributed by atoms with Gasteiger partial charge in [0.05, 0.1) is 12.4 Å². The van der Waals surface area contributed by atoms with Crippen LogP contribution in [0.4, 0.5) is 0 Å². The second-order valence-electron chi connectivity index (χ2n) is 2.07. The molecular formula is C7H13N3. The van der Waals surface area contributed by atoms with Crippen molar-refractivity contribution in [3.05, 3.63) is 23.7 Å². The van der Waals surface area contributed by atoms with Crippen LogP contribution in [0.15, 0.2) is 23.7 Å². The third-order valence-corrected chi connectivity index (χ3v) is 1.40. The van der Waals surface area contributed by atoms with Crippen LogP contribution in [0.25, 0.3) is 0 Å². The van der Waals surface area contributed by atoms with Gasteiger partial charge in [-0.05, 0) is 13.0 Å². The molecule has 0 atom stereocenters. The molecule has 0 spiro atoms. The first-order valence-corrected chi connectivity index (χ1v) is 3.41. The highest BCUT2D eigenvalue weighted by molar-refractivity contribution is 5.24. The second-order valence-corrected chi connectivity index (χ2v) is 2.07. The summed E-state index contributed by atoms with van der Waals surface area (Å²) < 4.78 is 0.